The van der Waals surface area contributed by atoms with Gasteiger partial charge in [0.25, 0.3) is 0 Å². The van der Waals surface area contributed by atoms with Crippen LogP contribution in [0.1, 0.15) is 22.8 Å². The monoisotopic (exact) mass is 339 g/mol. The van der Waals surface area contributed by atoms with E-state index in [1.54, 1.807) is 6.07 Å². The lowest BCUT2D eigenvalue weighted by molar-refractivity contribution is -0.131. The number of aliphatic imine (C=N–C) groups is 1. The zero-order valence-electron chi connectivity index (χ0n) is 14.0. The van der Waals surface area contributed by atoms with Crippen LogP contribution in [0.15, 0.2) is 23.2 Å². The van der Waals surface area contributed by atoms with Crippen molar-refractivity contribution in [1.82, 2.24) is 0 Å². The molecule has 8 nitrogen and oxygen atoms in total. The molecule has 0 aliphatic rings. The molecule has 1 aromatic rings. The van der Waals surface area contributed by atoms with Gasteiger partial charge in [0.15, 0.2) is 6.29 Å². The van der Waals surface area contributed by atoms with Crippen molar-refractivity contribution in [2.45, 2.75) is 19.3 Å². The van der Waals surface area contributed by atoms with Crippen LogP contribution in [0.4, 0.5) is 0 Å². The molecule has 0 radical (unpaired) electrons. The maximum absolute atomic E-state index is 11.7. The van der Waals surface area contributed by atoms with Gasteiger partial charge in [0.1, 0.15) is 17.4 Å². The SMILES string of the molecule is COC(=O)c1ccc(C=NC(CO)C(OC)OC)cc1OC(C)=O. The minimum Gasteiger partial charge on any atom is -0.465 e. The minimum atomic E-state index is -0.700. The third kappa shape index (κ3) is 5.41. The smallest absolute Gasteiger partial charge is 0.341 e. The summed E-state index contributed by atoms with van der Waals surface area (Å²) < 4.78 is 19.8. The Labute approximate surface area is 140 Å². The van der Waals surface area contributed by atoms with Crippen molar-refractivity contribution in [3.63, 3.8) is 0 Å². The summed E-state index contributed by atoms with van der Waals surface area (Å²) in [5.74, 6) is -1.13. The molecule has 1 atom stereocenters. The highest BCUT2D eigenvalue weighted by Gasteiger charge is 2.19. The first kappa shape index (κ1) is 19.8. The molecule has 0 saturated heterocycles. The summed E-state index contributed by atoms with van der Waals surface area (Å²) in [6.45, 7) is 0.950. The molecule has 1 rings (SSSR count). The number of rotatable bonds is 8. The van der Waals surface area contributed by atoms with Gasteiger partial charge in [0.05, 0.1) is 13.7 Å². The Bertz CT molecular complexity index is 596. The lowest BCUT2D eigenvalue weighted by atomic mass is 10.1. The van der Waals surface area contributed by atoms with Crippen molar-refractivity contribution in [3.05, 3.63) is 29.3 Å². The maximum atomic E-state index is 11.7. The average Bonchev–Trinajstić information content (AvgIpc) is 2.57. The molecule has 132 valence electrons. The molecule has 0 heterocycles. The highest BCUT2D eigenvalue weighted by atomic mass is 16.7. The number of carbonyl (C=O) groups excluding carboxylic acids is 2. The number of hydrogen-bond donors (Lipinski definition) is 1. The number of aliphatic hydroxyl groups excluding tert-OH is 1. The van der Waals surface area contributed by atoms with Gasteiger partial charge < -0.3 is 24.1 Å². The van der Waals surface area contributed by atoms with E-state index in [1.165, 1.54) is 46.6 Å². The van der Waals surface area contributed by atoms with Crippen LogP contribution in [0.2, 0.25) is 0 Å². The van der Waals surface area contributed by atoms with E-state index in [-0.39, 0.29) is 17.9 Å². The number of hydrogen-bond acceptors (Lipinski definition) is 8. The molecule has 0 saturated carbocycles. The lowest BCUT2D eigenvalue weighted by Gasteiger charge is -2.19. The summed E-state index contributed by atoms with van der Waals surface area (Å²) in [5, 5.41) is 9.35. The zero-order chi connectivity index (χ0) is 18.1. The van der Waals surface area contributed by atoms with Gasteiger partial charge in [-0.25, -0.2) is 4.79 Å². The van der Waals surface area contributed by atoms with Gasteiger partial charge in [-0.15, -0.1) is 0 Å². The van der Waals surface area contributed by atoms with Gasteiger partial charge in [0, 0.05) is 27.4 Å². The third-order valence-corrected chi connectivity index (χ3v) is 3.05. The van der Waals surface area contributed by atoms with E-state index < -0.39 is 24.3 Å². The van der Waals surface area contributed by atoms with Gasteiger partial charge >= 0.3 is 11.9 Å². The molecule has 0 aliphatic heterocycles. The van der Waals surface area contributed by atoms with E-state index in [9.17, 15) is 14.7 Å². The Morgan fingerprint density at radius 3 is 2.42 bits per heavy atom. The largest absolute Gasteiger partial charge is 0.465 e. The topological polar surface area (TPSA) is 104 Å². The zero-order valence-corrected chi connectivity index (χ0v) is 14.0. The average molecular weight is 339 g/mol. The van der Waals surface area contributed by atoms with Crippen LogP contribution in [-0.2, 0) is 19.0 Å². The second-order valence-corrected chi connectivity index (χ2v) is 4.71. The summed E-state index contributed by atoms with van der Waals surface area (Å²) >= 11 is 0. The predicted molar refractivity (Wildman–Crippen MR) is 85.4 cm³/mol. The fraction of sp³-hybridized carbons (Fsp3) is 0.438. The van der Waals surface area contributed by atoms with Gasteiger partial charge in [0.2, 0.25) is 0 Å². The van der Waals surface area contributed by atoms with Gasteiger partial charge in [-0.3, -0.25) is 9.79 Å². The molecule has 0 amide bonds. The summed E-state index contributed by atoms with van der Waals surface area (Å²) in [4.78, 5) is 27.1. The Hall–Kier alpha value is -2.29. The Morgan fingerprint density at radius 1 is 1.25 bits per heavy atom. The predicted octanol–water partition coefficient (Wildman–Crippen LogP) is 0.797. The van der Waals surface area contributed by atoms with Crippen molar-refractivity contribution >= 4 is 18.2 Å². The Kier molecular flexibility index (Phi) is 8.03. The molecular weight excluding hydrogens is 318 g/mol. The van der Waals surface area contributed by atoms with Crippen molar-refractivity contribution in [2.24, 2.45) is 4.99 Å². The van der Waals surface area contributed by atoms with Gasteiger partial charge in [-0.2, -0.15) is 0 Å². The molecule has 0 bridgehead atoms. The number of ether oxygens (including phenoxy) is 4. The highest BCUT2D eigenvalue weighted by molar-refractivity contribution is 5.95. The van der Waals surface area contributed by atoms with Gasteiger partial charge in [-0.1, -0.05) is 6.07 Å². The second-order valence-electron chi connectivity index (χ2n) is 4.71. The first-order valence-corrected chi connectivity index (χ1v) is 7.07. The maximum Gasteiger partial charge on any atom is 0.341 e. The number of benzene rings is 1. The fourth-order valence-corrected chi connectivity index (χ4v) is 1.93. The Balaban J connectivity index is 3.09. The van der Waals surface area contributed by atoms with E-state index >= 15 is 0 Å². The van der Waals surface area contributed by atoms with Crippen LogP contribution in [0, 0.1) is 0 Å². The first-order valence-electron chi connectivity index (χ1n) is 7.07. The number of esters is 2. The molecule has 1 aromatic carbocycles. The van der Waals surface area contributed by atoms with E-state index in [4.69, 9.17) is 14.2 Å². The molecule has 0 aromatic heterocycles. The van der Waals surface area contributed by atoms with Crippen LogP contribution in [0.3, 0.4) is 0 Å². The number of nitrogens with zero attached hydrogens (tertiary/aromatic N) is 1. The second kappa shape index (κ2) is 9.76. The van der Waals surface area contributed by atoms with Crippen LogP contribution < -0.4 is 4.74 Å². The first-order chi connectivity index (χ1) is 11.5. The van der Waals surface area contributed by atoms with Crippen LogP contribution in [0.5, 0.6) is 5.75 Å². The fourth-order valence-electron chi connectivity index (χ4n) is 1.93. The Morgan fingerprint density at radius 2 is 1.92 bits per heavy atom. The van der Waals surface area contributed by atoms with E-state index in [2.05, 4.69) is 9.73 Å². The molecule has 1 unspecified atom stereocenters. The summed E-state index contributed by atoms with van der Waals surface area (Å²) in [5.41, 5.74) is 0.679. The number of methoxy groups -OCH3 is 3. The summed E-state index contributed by atoms with van der Waals surface area (Å²) in [6, 6.07) is 3.91. The van der Waals surface area contributed by atoms with Crippen LogP contribution in [0.25, 0.3) is 0 Å². The van der Waals surface area contributed by atoms with Crippen molar-refractivity contribution < 1.29 is 33.6 Å². The van der Waals surface area contributed by atoms with E-state index in [0.29, 0.717) is 5.56 Å². The summed E-state index contributed by atoms with van der Waals surface area (Å²) in [6.07, 6.45) is 0.758. The summed E-state index contributed by atoms with van der Waals surface area (Å²) in [7, 11) is 4.11. The molecule has 0 fully saturated rings. The lowest BCUT2D eigenvalue weighted by Crippen LogP contribution is -2.31. The van der Waals surface area contributed by atoms with Crippen LogP contribution in [-0.4, -0.2) is 63.5 Å². The third-order valence-electron chi connectivity index (χ3n) is 3.05. The normalized spacial score (nSPS) is 12.4. The molecule has 0 aliphatic carbocycles. The van der Waals surface area contributed by atoms with E-state index in [1.807, 2.05) is 0 Å². The standard InChI is InChI=1S/C16H21NO7/c1-10(19)24-14-7-11(5-6-12(14)15(20)21-2)8-17-13(9-18)16(22-3)23-4/h5-8,13,16,18H,9H2,1-4H3. The van der Waals surface area contributed by atoms with E-state index in [0.717, 1.165) is 0 Å². The minimum absolute atomic E-state index is 0.0638. The van der Waals surface area contributed by atoms with Crippen molar-refractivity contribution in [1.29, 1.82) is 0 Å². The van der Waals surface area contributed by atoms with Crippen molar-refractivity contribution in [3.8, 4) is 5.75 Å². The molecule has 1 N–H and O–H groups in total. The molecule has 8 heteroatoms. The number of carbonyl (C=O) groups is 2. The van der Waals surface area contributed by atoms with Gasteiger partial charge in [-0.05, 0) is 17.7 Å². The quantitative estimate of drug-likeness (QED) is 0.323. The molecular formula is C16H21NO7. The molecule has 24 heavy (non-hydrogen) atoms. The molecule has 0 spiro atoms. The highest BCUT2D eigenvalue weighted by Crippen LogP contribution is 2.21. The van der Waals surface area contributed by atoms with Crippen LogP contribution >= 0.6 is 0 Å². The number of aliphatic hydroxyl groups is 1. The van der Waals surface area contributed by atoms with Crippen molar-refractivity contribution in [2.75, 3.05) is 27.9 Å².